The maximum Gasteiger partial charge on any atom is 0.344 e. The van der Waals surface area contributed by atoms with Crippen molar-refractivity contribution in [2.75, 3.05) is 13.4 Å². The Morgan fingerprint density at radius 1 is 1.23 bits per heavy atom. The number of halogens is 1. The van der Waals surface area contributed by atoms with Crippen LogP contribution in [0.1, 0.15) is 36.5 Å². The summed E-state index contributed by atoms with van der Waals surface area (Å²) >= 11 is 6.11. The average molecular weight is 377 g/mol. The van der Waals surface area contributed by atoms with Crippen LogP contribution in [0.3, 0.4) is 0 Å². The van der Waals surface area contributed by atoms with Crippen LogP contribution in [0, 0.1) is 6.92 Å². The molecule has 0 aromatic heterocycles. The first-order valence-corrected chi connectivity index (χ1v) is 8.79. The maximum atomic E-state index is 11.9. The molecule has 0 amide bonds. The van der Waals surface area contributed by atoms with Crippen LogP contribution in [0.4, 0.5) is 0 Å². The van der Waals surface area contributed by atoms with Crippen molar-refractivity contribution in [3.63, 3.8) is 0 Å². The quantitative estimate of drug-likeness (QED) is 0.688. The molecule has 0 bridgehead atoms. The molecule has 5 nitrogen and oxygen atoms in total. The van der Waals surface area contributed by atoms with Crippen molar-refractivity contribution >= 4 is 17.6 Å². The van der Waals surface area contributed by atoms with Gasteiger partial charge >= 0.3 is 5.97 Å². The van der Waals surface area contributed by atoms with E-state index < -0.39 is 5.97 Å². The average Bonchev–Trinajstić information content (AvgIpc) is 3.07. The van der Waals surface area contributed by atoms with Crippen molar-refractivity contribution in [3.8, 4) is 17.2 Å². The predicted molar refractivity (Wildman–Crippen MR) is 98.1 cm³/mol. The molecule has 0 unspecified atom stereocenters. The molecule has 0 radical (unpaired) electrons. The van der Waals surface area contributed by atoms with Gasteiger partial charge < -0.3 is 18.9 Å². The smallest absolute Gasteiger partial charge is 0.344 e. The van der Waals surface area contributed by atoms with Gasteiger partial charge in [-0.3, -0.25) is 0 Å². The van der Waals surface area contributed by atoms with Gasteiger partial charge in [-0.25, -0.2) is 4.79 Å². The van der Waals surface area contributed by atoms with E-state index in [1.165, 1.54) is 5.56 Å². The van der Waals surface area contributed by atoms with Crippen molar-refractivity contribution in [3.05, 3.63) is 52.0 Å². The largest absolute Gasteiger partial charge is 0.482 e. The number of carbonyl (C=O) groups is 1. The molecule has 3 rings (SSSR count). The number of hydrogen-bond donors (Lipinski definition) is 0. The highest BCUT2D eigenvalue weighted by Gasteiger charge is 2.18. The SMILES string of the molecule is Cc1cc(OCC(=O)OCc2cc(Cl)c3c(c2)OCO3)ccc1C(C)C. The number of benzene rings is 2. The number of rotatable bonds is 6. The first kappa shape index (κ1) is 18.4. The third-order valence-electron chi connectivity index (χ3n) is 4.11. The van der Waals surface area contributed by atoms with Gasteiger partial charge in [-0.2, -0.15) is 0 Å². The van der Waals surface area contributed by atoms with E-state index in [2.05, 4.69) is 13.8 Å². The molecule has 0 atom stereocenters. The van der Waals surface area contributed by atoms with Gasteiger partial charge in [-0.05, 0) is 53.8 Å². The van der Waals surface area contributed by atoms with Crippen LogP contribution in [0.2, 0.25) is 5.02 Å². The lowest BCUT2D eigenvalue weighted by Gasteiger charge is -2.12. The van der Waals surface area contributed by atoms with Crippen molar-refractivity contribution in [1.29, 1.82) is 0 Å². The number of fused-ring (bicyclic) bond motifs is 1. The van der Waals surface area contributed by atoms with Gasteiger partial charge in [-0.1, -0.05) is 31.5 Å². The number of carbonyl (C=O) groups excluding carboxylic acids is 1. The molecule has 2 aromatic carbocycles. The summed E-state index contributed by atoms with van der Waals surface area (Å²) in [5, 5.41) is 0.433. The highest BCUT2D eigenvalue weighted by atomic mass is 35.5. The molecular formula is C20H21ClO5. The molecule has 1 aliphatic heterocycles. The van der Waals surface area contributed by atoms with Gasteiger partial charge in [0.25, 0.3) is 0 Å². The van der Waals surface area contributed by atoms with E-state index >= 15 is 0 Å². The van der Waals surface area contributed by atoms with E-state index in [0.717, 1.165) is 11.1 Å². The Labute approximate surface area is 157 Å². The summed E-state index contributed by atoms with van der Waals surface area (Å²) in [5.41, 5.74) is 3.13. The summed E-state index contributed by atoms with van der Waals surface area (Å²) in [7, 11) is 0. The van der Waals surface area contributed by atoms with Gasteiger partial charge in [0.1, 0.15) is 12.4 Å². The van der Waals surface area contributed by atoms with Crippen LogP contribution in [0.15, 0.2) is 30.3 Å². The molecule has 6 heteroatoms. The second-order valence-corrected chi connectivity index (χ2v) is 6.84. The summed E-state index contributed by atoms with van der Waals surface area (Å²) in [5.74, 6) is 1.72. The van der Waals surface area contributed by atoms with E-state index in [0.29, 0.717) is 28.2 Å². The fourth-order valence-electron chi connectivity index (χ4n) is 2.84. The zero-order chi connectivity index (χ0) is 18.7. The summed E-state index contributed by atoms with van der Waals surface area (Å²) in [6.45, 7) is 6.39. The topological polar surface area (TPSA) is 54.0 Å². The monoisotopic (exact) mass is 376 g/mol. The molecule has 138 valence electrons. The summed E-state index contributed by atoms with van der Waals surface area (Å²) in [6.07, 6.45) is 0. The zero-order valence-corrected chi connectivity index (χ0v) is 15.8. The predicted octanol–water partition coefficient (Wildman–Crippen LogP) is 4.62. The van der Waals surface area contributed by atoms with E-state index in [1.54, 1.807) is 12.1 Å². The Bertz CT molecular complexity index is 816. The van der Waals surface area contributed by atoms with Gasteiger partial charge in [-0.15, -0.1) is 0 Å². The van der Waals surface area contributed by atoms with Crippen molar-refractivity contribution < 1.29 is 23.7 Å². The number of hydrogen-bond acceptors (Lipinski definition) is 5. The molecule has 0 aliphatic carbocycles. The first-order valence-electron chi connectivity index (χ1n) is 8.41. The molecule has 0 spiro atoms. The number of ether oxygens (including phenoxy) is 4. The highest BCUT2D eigenvalue weighted by Crippen LogP contribution is 2.39. The molecule has 0 N–H and O–H groups in total. The fourth-order valence-corrected chi connectivity index (χ4v) is 3.13. The van der Waals surface area contributed by atoms with Crippen LogP contribution >= 0.6 is 11.6 Å². The van der Waals surface area contributed by atoms with Gasteiger partial charge in [0, 0.05) is 0 Å². The summed E-state index contributed by atoms with van der Waals surface area (Å²) in [4.78, 5) is 11.9. The Hall–Kier alpha value is -2.40. The normalized spacial score (nSPS) is 12.3. The van der Waals surface area contributed by atoms with Crippen LogP contribution in [-0.4, -0.2) is 19.4 Å². The maximum absolute atomic E-state index is 11.9. The minimum absolute atomic E-state index is 0.0872. The Kier molecular flexibility index (Phi) is 5.57. The van der Waals surface area contributed by atoms with E-state index in [9.17, 15) is 4.79 Å². The molecule has 2 aromatic rings. The lowest BCUT2D eigenvalue weighted by atomic mass is 9.98. The minimum Gasteiger partial charge on any atom is -0.482 e. The van der Waals surface area contributed by atoms with E-state index in [-0.39, 0.29) is 20.0 Å². The molecule has 1 heterocycles. The van der Waals surface area contributed by atoms with Crippen LogP contribution < -0.4 is 14.2 Å². The van der Waals surface area contributed by atoms with Crippen molar-refractivity contribution in [2.45, 2.75) is 33.3 Å². The van der Waals surface area contributed by atoms with Gasteiger partial charge in [0.15, 0.2) is 18.1 Å². The van der Waals surface area contributed by atoms with E-state index in [1.807, 2.05) is 25.1 Å². The fraction of sp³-hybridized carbons (Fsp3) is 0.350. The summed E-state index contributed by atoms with van der Waals surface area (Å²) < 4.78 is 21.3. The third kappa shape index (κ3) is 4.22. The molecule has 0 saturated heterocycles. The van der Waals surface area contributed by atoms with Gasteiger partial charge in [0.05, 0.1) is 5.02 Å². The molecular weight excluding hydrogens is 356 g/mol. The molecule has 1 aliphatic rings. The molecule has 0 saturated carbocycles. The third-order valence-corrected chi connectivity index (χ3v) is 4.39. The second kappa shape index (κ2) is 7.87. The number of aryl methyl sites for hydroxylation is 1. The lowest BCUT2D eigenvalue weighted by Crippen LogP contribution is -2.15. The molecule has 0 fully saturated rings. The Morgan fingerprint density at radius 2 is 2.04 bits per heavy atom. The molecule has 26 heavy (non-hydrogen) atoms. The Balaban J connectivity index is 1.52. The second-order valence-electron chi connectivity index (χ2n) is 6.43. The van der Waals surface area contributed by atoms with Crippen LogP contribution in [-0.2, 0) is 16.1 Å². The first-order chi connectivity index (χ1) is 12.4. The standard InChI is InChI=1S/C20H21ClO5/c1-12(2)16-5-4-15(6-13(16)3)23-10-19(22)24-9-14-7-17(21)20-18(8-14)25-11-26-20/h4-8,12H,9-11H2,1-3H3. The van der Waals surface area contributed by atoms with Crippen LogP contribution in [0.25, 0.3) is 0 Å². The van der Waals surface area contributed by atoms with Gasteiger partial charge in [0.2, 0.25) is 6.79 Å². The number of esters is 1. The highest BCUT2D eigenvalue weighted by molar-refractivity contribution is 6.32. The van der Waals surface area contributed by atoms with Crippen molar-refractivity contribution in [2.24, 2.45) is 0 Å². The zero-order valence-electron chi connectivity index (χ0n) is 15.0. The van der Waals surface area contributed by atoms with E-state index in [4.69, 9.17) is 30.5 Å². The van der Waals surface area contributed by atoms with Crippen LogP contribution in [0.5, 0.6) is 17.2 Å². The van der Waals surface area contributed by atoms with Crippen molar-refractivity contribution in [1.82, 2.24) is 0 Å². The minimum atomic E-state index is -0.454. The lowest BCUT2D eigenvalue weighted by molar-refractivity contribution is -0.147. The summed E-state index contributed by atoms with van der Waals surface area (Å²) in [6, 6.07) is 9.26. The Morgan fingerprint density at radius 3 is 2.77 bits per heavy atom.